The van der Waals surface area contributed by atoms with Crippen LogP contribution in [0.15, 0.2) is 53.4 Å². The van der Waals surface area contributed by atoms with Gasteiger partial charge in [-0.25, -0.2) is 4.98 Å². The number of fused-ring (bicyclic) bond motifs is 1. The van der Waals surface area contributed by atoms with Gasteiger partial charge in [0.15, 0.2) is 6.17 Å². The predicted octanol–water partition coefficient (Wildman–Crippen LogP) is -0.630. The van der Waals surface area contributed by atoms with Gasteiger partial charge in [0.25, 0.3) is 0 Å². The smallest absolute Gasteiger partial charge is 0.158 e. The Hall–Kier alpha value is -3.35. The van der Waals surface area contributed by atoms with Gasteiger partial charge in [-0.15, -0.1) is 0 Å². The summed E-state index contributed by atoms with van der Waals surface area (Å²) in [5.74, 6) is 2.12. The summed E-state index contributed by atoms with van der Waals surface area (Å²) in [4.78, 5) is 20.8. The lowest BCUT2D eigenvalue weighted by Crippen LogP contribution is -2.56. The van der Waals surface area contributed by atoms with Crippen molar-refractivity contribution in [3.05, 3.63) is 54.1 Å². The second-order valence-electron chi connectivity index (χ2n) is 9.89. The summed E-state index contributed by atoms with van der Waals surface area (Å²) < 4.78 is 11.4. The first-order chi connectivity index (χ1) is 18.2. The van der Waals surface area contributed by atoms with Crippen LogP contribution in [0.1, 0.15) is 18.2 Å². The topological polar surface area (TPSA) is 137 Å². The standard InChI is InChI=1S/C25H35N9O3/c26-23-13-27-12-19(30-23)20-14-34-4-3-28-25(34)24(31-20)29-17-1-2-21(22(11-17)37-10-9-35)33-7-5-32(6-8-33)18-15-36-16-18/h1-4,12-13,17-18,20,25,28,35H,5-11,14-16H2,(H2,26,30)(H,29,31). The van der Waals surface area contributed by atoms with Crippen LogP contribution in [0.4, 0.5) is 5.82 Å². The van der Waals surface area contributed by atoms with Crippen molar-refractivity contribution in [2.75, 3.05) is 64.9 Å². The molecule has 0 radical (unpaired) electrons. The number of anilines is 1. The molecule has 1 aliphatic carbocycles. The molecule has 0 spiro atoms. The fourth-order valence-electron chi connectivity index (χ4n) is 5.43. The zero-order valence-electron chi connectivity index (χ0n) is 20.9. The Bertz CT molecular complexity index is 1090. The van der Waals surface area contributed by atoms with Crippen molar-refractivity contribution < 1.29 is 14.6 Å². The molecule has 5 N–H and O–H groups in total. The lowest BCUT2D eigenvalue weighted by atomic mass is 10.0. The molecule has 5 aliphatic rings. The molecule has 5 heterocycles. The summed E-state index contributed by atoms with van der Waals surface area (Å²) in [5.41, 5.74) is 7.74. The Labute approximate surface area is 216 Å². The Morgan fingerprint density at radius 3 is 2.84 bits per heavy atom. The molecule has 2 fully saturated rings. The Balaban J connectivity index is 1.16. The molecule has 1 aromatic rings. The zero-order valence-corrected chi connectivity index (χ0v) is 20.9. The molecule has 12 heteroatoms. The van der Waals surface area contributed by atoms with Crippen molar-refractivity contribution >= 4 is 11.7 Å². The van der Waals surface area contributed by atoms with E-state index in [0.717, 1.165) is 62.4 Å². The van der Waals surface area contributed by atoms with Crippen LogP contribution in [-0.2, 0) is 9.47 Å². The summed E-state index contributed by atoms with van der Waals surface area (Å²) in [5, 5.41) is 16.4. The number of amidine groups is 1. The normalized spacial score (nSPS) is 28.0. The minimum Gasteiger partial charge on any atom is -0.493 e. The molecule has 0 amide bonds. The highest BCUT2D eigenvalue weighted by atomic mass is 16.5. The van der Waals surface area contributed by atoms with Gasteiger partial charge < -0.3 is 40.7 Å². The van der Waals surface area contributed by atoms with Gasteiger partial charge in [-0.3, -0.25) is 14.9 Å². The molecule has 6 rings (SSSR count). The van der Waals surface area contributed by atoms with Gasteiger partial charge in [0.05, 0.1) is 55.7 Å². The lowest BCUT2D eigenvalue weighted by molar-refractivity contribution is -0.0748. The maximum atomic E-state index is 9.44. The SMILES string of the molecule is Nc1cncc(C2CN3C=CNC3C(NC3C=CC(N4CCN(C5COC5)CC4)=C(OCCO)C3)=N2)n1. The van der Waals surface area contributed by atoms with Crippen molar-refractivity contribution in [2.45, 2.75) is 30.7 Å². The van der Waals surface area contributed by atoms with Crippen LogP contribution < -0.4 is 16.4 Å². The van der Waals surface area contributed by atoms with Gasteiger partial charge in [-0.1, -0.05) is 6.08 Å². The molecule has 0 bridgehead atoms. The highest BCUT2D eigenvalue weighted by molar-refractivity contribution is 5.89. The average Bonchev–Trinajstić information content (AvgIpc) is 3.36. The average molecular weight is 510 g/mol. The van der Waals surface area contributed by atoms with E-state index >= 15 is 0 Å². The fourth-order valence-corrected chi connectivity index (χ4v) is 5.43. The molecule has 2 saturated heterocycles. The zero-order chi connectivity index (χ0) is 25.2. The second kappa shape index (κ2) is 10.6. The van der Waals surface area contributed by atoms with Crippen molar-refractivity contribution in [1.29, 1.82) is 0 Å². The second-order valence-corrected chi connectivity index (χ2v) is 9.89. The van der Waals surface area contributed by atoms with Crippen LogP contribution in [0.25, 0.3) is 0 Å². The molecule has 198 valence electrons. The molecule has 0 aromatic carbocycles. The predicted molar refractivity (Wildman–Crippen MR) is 138 cm³/mol. The number of ether oxygens (including phenoxy) is 2. The monoisotopic (exact) mass is 509 g/mol. The Morgan fingerprint density at radius 2 is 2.08 bits per heavy atom. The van der Waals surface area contributed by atoms with E-state index in [4.69, 9.17) is 20.2 Å². The van der Waals surface area contributed by atoms with E-state index in [1.54, 1.807) is 12.4 Å². The van der Waals surface area contributed by atoms with Crippen molar-refractivity contribution in [2.24, 2.45) is 4.99 Å². The quantitative estimate of drug-likeness (QED) is 0.374. The minimum atomic E-state index is -0.180. The first-order valence-electron chi connectivity index (χ1n) is 13.0. The third kappa shape index (κ3) is 5.09. The number of aromatic nitrogens is 2. The number of allylic oxidation sites excluding steroid dienone is 1. The van der Waals surface area contributed by atoms with E-state index < -0.39 is 0 Å². The maximum Gasteiger partial charge on any atom is 0.158 e. The van der Waals surface area contributed by atoms with Crippen molar-refractivity contribution in [1.82, 2.24) is 35.3 Å². The number of hydrogen-bond acceptors (Lipinski definition) is 12. The lowest BCUT2D eigenvalue weighted by Gasteiger charge is -2.44. The first kappa shape index (κ1) is 24.0. The fraction of sp³-hybridized carbons (Fsp3) is 0.560. The van der Waals surface area contributed by atoms with E-state index in [2.05, 4.69) is 47.5 Å². The summed E-state index contributed by atoms with van der Waals surface area (Å²) >= 11 is 0. The largest absolute Gasteiger partial charge is 0.493 e. The summed E-state index contributed by atoms with van der Waals surface area (Å²) in [7, 11) is 0. The Kier molecular flexibility index (Phi) is 6.85. The summed E-state index contributed by atoms with van der Waals surface area (Å²) in [6.07, 6.45) is 12.2. The van der Waals surface area contributed by atoms with E-state index in [-0.39, 0.29) is 31.5 Å². The number of nitrogens with two attached hydrogens (primary N) is 1. The number of nitrogens with zero attached hydrogens (tertiary/aromatic N) is 6. The number of rotatable bonds is 7. The van der Waals surface area contributed by atoms with Crippen LogP contribution in [0, 0.1) is 0 Å². The van der Waals surface area contributed by atoms with Crippen molar-refractivity contribution in [3.8, 4) is 0 Å². The number of nitrogens with one attached hydrogen (secondary N) is 2. The maximum absolute atomic E-state index is 9.44. The number of hydrogen-bond donors (Lipinski definition) is 4. The van der Waals surface area contributed by atoms with Gasteiger partial charge >= 0.3 is 0 Å². The van der Waals surface area contributed by atoms with E-state index in [0.29, 0.717) is 24.8 Å². The minimum absolute atomic E-state index is 0.000431. The van der Waals surface area contributed by atoms with Gasteiger partial charge in [0.2, 0.25) is 0 Å². The first-order valence-corrected chi connectivity index (χ1v) is 13.0. The number of nitrogen functional groups attached to an aromatic ring is 1. The third-order valence-electron chi connectivity index (χ3n) is 7.47. The molecule has 0 saturated carbocycles. The molecule has 37 heavy (non-hydrogen) atoms. The number of piperazine rings is 1. The Morgan fingerprint density at radius 1 is 1.22 bits per heavy atom. The van der Waals surface area contributed by atoms with E-state index in [1.807, 2.05) is 12.4 Å². The highest BCUT2D eigenvalue weighted by Gasteiger charge is 2.35. The summed E-state index contributed by atoms with van der Waals surface area (Å²) in [6.45, 7) is 6.56. The van der Waals surface area contributed by atoms with Crippen LogP contribution in [0.3, 0.4) is 0 Å². The van der Waals surface area contributed by atoms with Gasteiger partial charge in [-0.2, -0.15) is 0 Å². The van der Waals surface area contributed by atoms with Crippen LogP contribution in [0.5, 0.6) is 0 Å². The van der Waals surface area contributed by atoms with Crippen LogP contribution in [-0.4, -0.2) is 113 Å². The van der Waals surface area contributed by atoms with Crippen molar-refractivity contribution in [3.63, 3.8) is 0 Å². The van der Waals surface area contributed by atoms with Crippen LogP contribution in [0.2, 0.25) is 0 Å². The number of aliphatic hydroxyl groups is 1. The summed E-state index contributed by atoms with van der Waals surface area (Å²) in [6, 6.07) is 0.383. The molecule has 3 atom stereocenters. The molecule has 3 unspecified atom stereocenters. The number of aliphatic imine (C=N–C) groups is 1. The molecule has 12 nitrogen and oxygen atoms in total. The van der Waals surface area contributed by atoms with Gasteiger partial charge in [-0.05, 0) is 6.08 Å². The highest BCUT2D eigenvalue weighted by Crippen LogP contribution is 2.28. The van der Waals surface area contributed by atoms with Gasteiger partial charge in [0.1, 0.15) is 30.1 Å². The molecule has 4 aliphatic heterocycles. The van der Waals surface area contributed by atoms with E-state index in [9.17, 15) is 5.11 Å². The number of aliphatic hydroxyl groups excluding tert-OH is 1. The molecular weight excluding hydrogens is 474 g/mol. The third-order valence-corrected chi connectivity index (χ3v) is 7.47. The molecule has 1 aromatic heterocycles. The van der Waals surface area contributed by atoms with E-state index in [1.165, 1.54) is 0 Å². The molecular formula is C25H35N9O3. The van der Waals surface area contributed by atoms with Crippen LogP contribution >= 0.6 is 0 Å². The van der Waals surface area contributed by atoms with Gasteiger partial charge in [0, 0.05) is 51.5 Å².